The summed E-state index contributed by atoms with van der Waals surface area (Å²) in [7, 11) is 0. The van der Waals surface area contributed by atoms with E-state index in [9.17, 15) is 9.59 Å². The second-order valence-electron chi connectivity index (χ2n) is 6.96. The van der Waals surface area contributed by atoms with E-state index < -0.39 is 18.0 Å². The quantitative estimate of drug-likeness (QED) is 0.437. The number of carbonyl (C=O) groups is 2. The largest absolute Gasteiger partial charge is 0.490 e. The summed E-state index contributed by atoms with van der Waals surface area (Å²) in [6.07, 6.45) is 2.76. The van der Waals surface area contributed by atoms with E-state index in [0.29, 0.717) is 41.9 Å². The number of hydrogen-bond acceptors (Lipinski definition) is 7. The van der Waals surface area contributed by atoms with E-state index in [1.165, 1.54) is 13.0 Å². The summed E-state index contributed by atoms with van der Waals surface area (Å²) >= 11 is 0. The van der Waals surface area contributed by atoms with Gasteiger partial charge >= 0.3 is 5.97 Å². The maximum absolute atomic E-state index is 12.3. The van der Waals surface area contributed by atoms with Gasteiger partial charge in [0, 0.05) is 17.8 Å². The van der Waals surface area contributed by atoms with Crippen molar-refractivity contribution in [2.24, 2.45) is 0 Å². The Hall–Kier alpha value is -3.68. The third-order valence-corrected chi connectivity index (χ3v) is 4.44. The SMILES string of the molecule is CCCOc1ccc(/C=C/C(=O)OC(C)C(=O)Nc2ccc3c(c2)OCO3)cc1OCC. The molecule has 0 saturated heterocycles. The van der Waals surface area contributed by atoms with Crippen LogP contribution in [0.2, 0.25) is 0 Å². The molecule has 8 nitrogen and oxygen atoms in total. The first-order valence-electron chi connectivity index (χ1n) is 10.5. The fourth-order valence-electron chi connectivity index (χ4n) is 2.88. The van der Waals surface area contributed by atoms with Crippen molar-refractivity contribution in [1.29, 1.82) is 0 Å². The summed E-state index contributed by atoms with van der Waals surface area (Å²) in [5.41, 5.74) is 1.26. The molecule has 0 aromatic heterocycles. The Labute approximate surface area is 187 Å². The minimum Gasteiger partial charge on any atom is -0.490 e. The first-order chi connectivity index (χ1) is 15.5. The first kappa shape index (κ1) is 23.0. The van der Waals surface area contributed by atoms with Crippen LogP contribution in [0, 0.1) is 0 Å². The summed E-state index contributed by atoms with van der Waals surface area (Å²) in [5.74, 6) is 1.33. The molecule has 0 radical (unpaired) electrons. The van der Waals surface area contributed by atoms with Gasteiger partial charge in [-0.2, -0.15) is 0 Å². The molecule has 1 aliphatic rings. The number of esters is 1. The molecule has 0 spiro atoms. The Balaban J connectivity index is 1.55. The lowest BCUT2D eigenvalue weighted by Crippen LogP contribution is -2.29. The minimum atomic E-state index is -0.985. The van der Waals surface area contributed by atoms with Crippen molar-refractivity contribution in [2.75, 3.05) is 25.3 Å². The average Bonchev–Trinajstić information content (AvgIpc) is 3.25. The topological polar surface area (TPSA) is 92.3 Å². The van der Waals surface area contributed by atoms with Crippen molar-refractivity contribution >= 4 is 23.6 Å². The molecule has 32 heavy (non-hydrogen) atoms. The van der Waals surface area contributed by atoms with Crippen LogP contribution >= 0.6 is 0 Å². The Morgan fingerprint density at radius 1 is 1.06 bits per heavy atom. The summed E-state index contributed by atoms with van der Waals surface area (Å²) in [6, 6.07) is 10.4. The van der Waals surface area contributed by atoms with E-state index in [1.807, 2.05) is 19.9 Å². The first-order valence-corrected chi connectivity index (χ1v) is 10.5. The molecule has 2 aromatic rings. The summed E-state index contributed by atoms with van der Waals surface area (Å²) < 4.78 is 27.0. The molecular weight excluding hydrogens is 414 g/mol. The van der Waals surface area contributed by atoms with E-state index in [4.69, 9.17) is 23.7 Å². The number of ether oxygens (including phenoxy) is 5. The molecule has 8 heteroatoms. The highest BCUT2D eigenvalue weighted by atomic mass is 16.7. The minimum absolute atomic E-state index is 0.146. The van der Waals surface area contributed by atoms with Gasteiger partial charge in [-0.15, -0.1) is 0 Å². The van der Waals surface area contributed by atoms with Crippen LogP contribution in [0.15, 0.2) is 42.5 Å². The molecule has 1 aliphatic heterocycles. The number of hydrogen-bond donors (Lipinski definition) is 1. The number of nitrogens with one attached hydrogen (secondary N) is 1. The molecule has 0 aliphatic carbocycles. The van der Waals surface area contributed by atoms with Crippen LogP contribution in [0.25, 0.3) is 6.08 Å². The molecule has 1 unspecified atom stereocenters. The number of anilines is 1. The lowest BCUT2D eigenvalue weighted by atomic mass is 10.2. The fourth-order valence-corrected chi connectivity index (χ4v) is 2.88. The second kappa shape index (κ2) is 11.1. The zero-order chi connectivity index (χ0) is 22.9. The molecule has 2 aromatic carbocycles. The van der Waals surface area contributed by atoms with Crippen molar-refractivity contribution in [3.8, 4) is 23.0 Å². The predicted molar refractivity (Wildman–Crippen MR) is 119 cm³/mol. The van der Waals surface area contributed by atoms with Crippen molar-refractivity contribution in [2.45, 2.75) is 33.3 Å². The molecule has 1 N–H and O–H groups in total. The molecule has 3 rings (SSSR count). The molecule has 0 fully saturated rings. The van der Waals surface area contributed by atoms with Gasteiger partial charge in [-0.05, 0) is 56.2 Å². The summed E-state index contributed by atoms with van der Waals surface area (Å²) in [6.45, 7) is 6.65. The second-order valence-corrected chi connectivity index (χ2v) is 6.96. The lowest BCUT2D eigenvalue weighted by molar-refractivity contribution is -0.148. The fraction of sp³-hybridized carbons (Fsp3) is 0.333. The van der Waals surface area contributed by atoms with E-state index in [0.717, 1.165) is 12.0 Å². The molecule has 0 bridgehead atoms. The van der Waals surface area contributed by atoms with E-state index in [2.05, 4.69) is 5.32 Å². The van der Waals surface area contributed by atoms with Gasteiger partial charge in [0.2, 0.25) is 6.79 Å². The van der Waals surface area contributed by atoms with E-state index in [1.54, 1.807) is 36.4 Å². The van der Waals surface area contributed by atoms with Crippen molar-refractivity contribution in [1.82, 2.24) is 0 Å². The highest BCUT2D eigenvalue weighted by Gasteiger charge is 2.19. The van der Waals surface area contributed by atoms with Gasteiger partial charge in [-0.3, -0.25) is 4.79 Å². The van der Waals surface area contributed by atoms with Crippen LogP contribution in [0.3, 0.4) is 0 Å². The zero-order valence-corrected chi connectivity index (χ0v) is 18.4. The average molecular weight is 441 g/mol. The third kappa shape index (κ3) is 6.16. The maximum Gasteiger partial charge on any atom is 0.331 e. The number of fused-ring (bicyclic) bond motifs is 1. The van der Waals surface area contributed by atoms with Crippen LogP contribution in [0.5, 0.6) is 23.0 Å². The number of carbonyl (C=O) groups excluding carboxylic acids is 2. The lowest BCUT2D eigenvalue weighted by Gasteiger charge is -2.13. The molecule has 1 atom stereocenters. The van der Waals surface area contributed by atoms with Crippen molar-refractivity contribution < 1.29 is 33.3 Å². The van der Waals surface area contributed by atoms with Crippen molar-refractivity contribution in [3.05, 3.63) is 48.0 Å². The maximum atomic E-state index is 12.3. The van der Waals surface area contributed by atoms with Crippen molar-refractivity contribution in [3.63, 3.8) is 0 Å². The highest BCUT2D eigenvalue weighted by molar-refractivity contribution is 5.96. The zero-order valence-electron chi connectivity index (χ0n) is 18.4. The van der Waals surface area contributed by atoms with E-state index >= 15 is 0 Å². The smallest absolute Gasteiger partial charge is 0.331 e. The molecule has 1 amide bonds. The van der Waals surface area contributed by atoms with Gasteiger partial charge in [-0.25, -0.2) is 4.79 Å². The van der Waals surface area contributed by atoms with Crippen LogP contribution in [0.1, 0.15) is 32.8 Å². The Morgan fingerprint density at radius 2 is 1.88 bits per heavy atom. The highest BCUT2D eigenvalue weighted by Crippen LogP contribution is 2.34. The van der Waals surface area contributed by atoms with Gasteiger partial charge in [0.1, 0.15) is 0 Å². The van der Waals surface area contributed by atoms with Crippen LogP contribution in [-0.2, 0) is 14.3 Å². The monoisotopic (exact) mass is 441 g/mol. The van der Waals surface area contributed by atoms with Gasteiger partial charge in [-0.1, -0.05) is 13.0 Å². The normalized spacial score (nSPS) is 13.0. The van der Waals surface area contributed by atoms with Gasteiger partial charge in [0.25, 0.3) is 5.91 Å². The van der Waals surface area contributed by atoms with E-state index in [-0.39, 0.29) is 6.79 Å². The van der Waals surface area contributed by atoms with Crippen LogP contribution < -0.4 is 24.3 Å². The Bertz CT molecular complexity index is 986. The van der Waals surface area contributed by atoms with Gasteiger partial charge in [0.15, 0.2) is 29.1 Å². The standard InChI is InChI=1S/C24H27NO7/c1-4-12-29-19-9-6-17(13-21(19)28-5-2)7-11-23(26)32-16(3)24(27)25-18-8-10-20-22(14-18)31-15-30-20/h6-11,13-14,16H,4-5,12,15H2,1-3H3,(H,25,27)/b11-7+. The van der Waals surface area contributed by atoms with Crippen LogP contribution in [0.4, 0.5) is 5.69 Å². The number of rotatable bonds is 10. The van der Waals surface area contributed by atoms with Crippen LogP contribution in [-0.4, -0.2) is 38.0 Å². The summed E-state index contributed by atoms with van der Waals surface area (Å²) in [4.78, 5) is 24.5. The predicted octanol–water partition coefficient (Wildman–Crippen LogP) is 4.19. The Kier molecular flexibility index (Phi) is 7.96. The molecular formula is C24H27NO7. The third-order valence-electron chi connectivity index (χ3n) is 4.44. The molecule has 0 saturated carbocycles. The Morgan fingerprint density at radius 3 is 2.66 bits per heavy atom. The molecule has 1 heterocycles. The number of benzene rings is 2. The molecule has 170 valence electrons. The van der Waals surface area contributed by atoms with Gasteiger partial charge < -0.3 is 29.0 Å². The number of amides is 1. The van der Waals surface area contributed by atoms with Gasteiger partial charge in [0.05, 0.1) is 13.2 Å². The summed E-state index contributed by atoms with van der Waals surface area (Å²) in [5, 5.41) is 2.69.